The third kappa shape index (κ3) is 1.59. The summed E-state index contributed by atoms with van der Waals surface area (Å²) < 4.78 is 2.65. The molecule has 2 rings (SSSR count). The van der Waals surface area contributed by atoms with Gasteiger partial charge in [-0.15, -0.1) is 0 Å². The molecule has 4 heteroatoms. The number of hydrogen-bond donors (Lipinski definition) is 0. The maximum atomic E-state index is 10.9. The Morgan fingerprint density at radius 3 is 2.80 bits per heavy atom. The number of nitrogens with zero attached hydrogens (tertiary/aromatic N) is 2. The van der Waals surface area contributed by atoms with Crippen molar-refractivity contribution < 1.29 is 4.79 Å². The normalized spacial score (nSPS) is 11.2. The van der Waals surface area contributed by atoms with Crippen molar-refractivity contribution in [1.29, 1.82) is 0 Å². The average Bonchev–Trinajstić information content (AvgIpc) is 2.56. The van der Waals surface area contributed by atoms with Gasteiger partial charge in [0.1, 0.15) is 4.60 Å². The Morgan fingerprint density at radius 1 is 1.47 bits per heavy atom. The maximum absolute atomic E-state index is 10.9. The Morgan fingerprint density at radius 2 is 2.20 bits per heavy atom. The first kappa shape index (κ1) is 10.4. The molecule has 0 amide bonds. The van der Waals surface area contributed by atoms with Crippen LogP contribution in [0.3, 0.4) is 0 Å². The fourth-order valence-electron chi connectivity index (χ4n) is 1.65. The van der Waals surface area contributed by atoms with Crippen LogP contribution in [0.5, 0.6) is 0 Å². The Bertz CT molecular complexity index is 517. The SMILES string of the molecule is CC(C)n1nc(Br)c2cccc(C=O)c21. The fraction of sp³-hybridized carbons (Fsp3) is 0.273. The molecule has 0 spiro atoms. The predicted octanol–water partition coefficient (Wildman–Crippen LogP) is 3.19. The molecule has 0 unspecified atom stereocenters. The summed E-state index contributed by atoms with van der Waals surface area (Å²) in [6, 6.07) is 5.86. The summed E-state index contributed by atoms with van der Waals surface area (Å²) in [6.07, 6.45) is 0.870. The molecule has 0 bridgehead atoms. The molecule has 78 valence electrons. The van der Waals surface area contributed by atoms with Crippen molar-refractivity contribution in [2.45, 2.75) is 19.9 Å². The van der Waals surface area contributed by atoms with Gasteiger partial charge in [-0.1, -0.05) is 6.07 Å². The van der Waals surface area contributed by atoms with E-state index >= 15 is 0 Å². The van der Waals surface area contributed by atoms with Gasteiger partial charge in [0.2, 0.25) is 0 Å². The number of benzene rings is 1. The summed E-state index contributed by atoms with van der Waals surface area (Å²) in [5.74, 6) is 0. The summed E-state index contributed by atoms with van der Waals surface area (Å²) in [6.45, 7) is 4.08. The van der Waals surface area contributed by atoms with E-state index in [1.165, 1.54) is 0 Å². The van der Waals surface area contributed by atoms with Gasteiger partial charge in [0, 0.05) is 17.0 Å². The topological polar surface area (TPSA) is 34.9 Å². The second-order valence-electron chi connectivity index (χ2n) is 3.69. The Balaban J connectivity index is 2.88. The van der Waals surface area contributed by atoms with E-state index in [9.17, 15) is 4.79 Å². The molecule has 0 N–H and O–H groups in total. The van der Waals surface area contributed by atoms with Gasteiger partial charge in [0.15, 0.2) is 6.29 Å². The van der Waals surface area contributed by atoms with E-state index < -0.39 is 0 Å². The molecule has 1 aromatic heterocycles. The molecule has 15 heavy (non-hydrogen) atoms. The van der Waals surface area contributed by atoms with Crippen LogP contribution in [0.2, 0.25) is 0 Å². The van der Waals surface area contributed by atoms with E-state index in [4.69, 9.17) is 0 Å². The summed E-state index contributed by atoms with van der Waals surface area (Å²) in [7, 11) is 0. The number of halogens is 1. The molecule has 0 saturated carbocycles. The van der Waals surface area contributed by atoms with Crippen molar-refractivity contribution in [2.75, 3.05) is 0 Å². The van der Waals surface area contributed by atoms with Gasteiger partial charge in [-0.05, 0) is 41.9 Å². The van der Waals surface area contributed by atoms with Crippen molar-refractivity contribution in [3.63, 3.8) is 0 Å². The predicted molar refractivity (Wildman–Crippen MR) is 63.2 cm³/mol. The monoisotopic (exact) mass is 266 g/mol. The molecule has 0 atom stereocenters. The molecule has 1 aromatic carbocycles. The van der Waals surface area contributed by atoms with E-state index in [0.29, 0.717) is 5.56 Å². The molecular weight excluding hydrogens is 256 g/mol. The maximum Gasteiger partial charge on any atom is 0.152 e. The first-order valence-electron chi connectivity index (χ1n) is 4.77. The average molecular weight is 267 g/mol. The lowest BCUT2D eigenvalue weighted by Crippen LogP contribution is -2.03. The van der Waals surface area contributed by atoms with Gasteiger partial charge in [0.05, 0.1) is 5.52 Å². The summed E-state index contributed by atoms with van der Waals surface area (Å²) >= 11 is 3.40. The number of carbonyl (C=O) groups excluding carboxylic acids is 1. The standard InChI is InChI=1S/C11H11BrN2O/c1-7(2)14-10-8(6-15)4-3-5-9(10)11(12)13-14/h3-7H,1-2H3. The van der Waals surface area contributed by atoms with Crippen molar-refractivity contribution >= 4 is 33.1 Å². The highest BCUT2D eigenvalue weighted by molar-refractivity contribution is 9.10. The highest BCUT2D eigenvalue weighted by Crippen LogP contribution is 2.27. The highest BCUT2D eigenvalue weighted by atomic mass is 79.9. The zero-order valence-electron chi connectivity index (χ0n) is 8.57. The van der Waals surface area contributed by atoms with Gasteiger partial charge in [-0.25, -0.2) is 0 Å². The van der Waals surface area contributed by atoms with Crippen LogP contribution in [0, 0.1) is 0 Å². The van der Waals surface area contributed by atoms with E-state index in [1.807, 2.05) is 36.7 Å². The first-order chi connectivity index (χ1) is 7.15. The van der Waals surface area contributed by atoms with Crippen LogP contribution in [-0.4, -0.2) is 16.1 Å². The number of carbonyl (C=O) groups is 1. The van der Waals surface area contributed by atoms with E-state index in [1.54, 1.807) is 0 Å². The lowest BCUT2D eigenvalue weighted by Gasteiger charge is -2.07. The second-order valence-corrected chi connectivity index (χ2v) is 4.44. The van der Waals surface area contributed by atoms with Crippen LogP contribution in [0.15, 0.2) is 22.8 Å². The lowest BCUT2D eigenvalue weighted by atomic mass is 10.1. The molecule has 2 aromatic rings. The van der Waals surface area contributed by atoms with Crippen LogP contribution >= 0.6 is 15.9 Å². The van der Waals surface area contributed by atoms with Crippen molar-refractivity contribution in [1.82, 2.24) is 9.78 Å². The van der Waals surface area contributed by atoms with E-state index in [0.717, 1.165) is 21.8 Å². The highest BCUT2D eigenvalue weighted by Gasteiger charge is 2.13. The molecular formula is C11H11BrN2O. The summed E-state index contributed by atoms with van der Waals surface area (Å²) in [5.41, 5.74) is 1.58. The van der Waals surface area contributed by atoms with Crippen LogP contribution in [0.4, 0.5) is 0 Å². The van der Waals surface area contributed by atoms with Crippen LogP contribution in [0.1, 0.15) is 30.2 Å². The third-order valence-electron chi connectivity index (χ3n) is 2.33. The van der Waals surface area contributed by atoms with Gasteiger partial charge < -0.3 is 0 Å². The minimum absolute atomic E-state index is 0.236. The Labute approximate surface area is 96.2 Å². The molecule has 0 aliphatic rings. The van der Waals surface area contributed by atoms with Gasteiger partial charge >= 0.3 is 0 Å². The quantitative estimate of drug-likeness (QED) is 0.783. The van der Waals surface area contributed by atoms with Crippen molar-refractivity contribution in [3.05, 3.63) is 28.4 Å². The van der Waals surface area contributed by atoms with Gasteiger partial charge in [-0.2, -0.15) is 5.10 Å². The van der Waals surface area contributed by atoms with Crippen LogP contribution < -0.4 is 0 Å². The van der Waals surface area contributed by atoms with E-state index in [-0.39, 0.29) is 6.04 Å². The van der Waals surface area contributed by atoms with Gasteiger partial charge in [-0.3, -0.25) is 9.48 Å². The van der Waals surface area contributed by atoms with Crippen LogP contribution in [-0.2, 0) is 0 Å². The molecule has 0 radical (unpaired) electrons. The second kappa shape index (κ2) is 3.77. The lowest BCUT2D eigenvalue weighted by molar-refractivity contribution is 0.112. The number of aromatic nitrogens is 2. The molecule has 0 fully saturated rings. The minimum Gasteiger partial charge on any atom is -0.298 e. The molecule has 0 aliphatic carbocycles. The third-order valence-corrected chi connectivity index (χ3v) is 2.92. The zero-order valence-corrected chi connectivity index (χ0v) is 10.2. The number of para-hydroxylation sites is 1. The molecule has 3 nitrogen and oxygen atoms in total. The first-order valence-corrected chi connectivity index (χ1v) is 5.56. The summed E-state index contributed by atoms with van der Waals surface area (Å²) in [4.78, 5) is 10.9. The summed E-state index contributed by atoms with van der Waals surface area (Å²) in [5, 5.41) is 5.35. The van der Waals surface area contributed by atoms with Crippen LogP contribution in [0.25, 0.3) is 10.9 Å². The number of fused-ring (bicyclic) bond motifs is 1. The van der Waals surface area contributed by atoms with Gasteiger partial charge in [0.25, 0.3) is 0 Å². The number of aldehydes is 1. The Kier molecular flexibility index (Phi) is 2.61. The molecule has 0 aliphatic heterocycles. The minimum atomic E-state index is 0.236. The fourth-order valence-corrected chi connectivity index (χ4v) is 2.14. The smallest absolute Gasteiger partial charge is 0.152 e. The molecule has 0 saturated heterocycles. The Hall–Kier alpha value is -1.16. The molecule has 1 heterocycles. The van der Waals surface area contributed by atoms with E-state index in [2.05, 4.69) is 21.0 Å². The number of hydrogen-bond acceptors (Lipinski definition) is 2. The van der Waals surface area contributed by atoms with Crippen molar-refractivity contribution in [2.24, 2.45) is 0 Å². The zero-order chi connectivity index (χ0) is 11.0. The van der Waals surface area contributed by atoms with Crippen molar-refractivity contribution in [3.8, 4) is 0 Å². The number of rotatable bonds is 2. The largest absolute Gasteiger partial charge is 0.298 e.